The maximum Gasteiger partial charge on any atom is 0.334 e. The molecule has 348 valence electrons. The van der Waals surface area contributed by atoms with Crippen LogP contribution in [0.1, 0.15) is 122 Å². The van der Waals surface area contributed by atoms with Crippen molar-refractivity contribution >= 4 is 53.0 Å². The number of hydrogen-bond donors (Lipinski definition) is 2. The molecule has 0 aliphatic carbocycles. The van der Waals surface area contributed by atoms with Gasteiger partial charge >= 0.3 is 11.9 Å². The number of allylic oxidation sites excluding steroid dienone is 2. The zero-order valence-electron chi connectivity index (χ0n) is 40.1. The van der Waals surface area contributed by atoms with Gasteiger partial charge in [0.1, 0.15) is 18.2 Å². The molecule has 0 saturated carbocycles. The molecule has 1 rings (SSSR count). The largest absolute Gasteiger partial charge is 0.457 e. The topological polar surface area (TPSA) is 168 Å². The van der Waals surface area contributed by atoms with Crippen molar-refractivity contribution in [3.63, 3.8) is 0 Å². The van der Waals surface area contributed by atoms with Gasteiger partial charge < -0.3 is 29.9 Å². The lowest BCUT2D eigenvalue weighted by Gasteiger charge is -2.33. The van der Waals surface area contributed by atoms with Gasteiger partial charge in [0.05, 0.1) is 18.0 Å². The highest BCUT2D eigenvalue weighted by Crippen LogP contribution is 2.29. The normalized spacial score (nSPS) is 16.1. The number of Topliss-reactive ketones (excluding diaryl/α,β-unsaturated/α-hetero) is 1. The summed E-state index contributed by atoms with van der Waals surface area (Å²) >= 11 is 6.11. The zero-order chi connectivity index (χ0) is 47.8. The molecule has 0 heterocycles. The molecular weight excluding hydrogens is 812 g/mol. The standard InChI is InChI=1S/C48H75ClN4O9/c1-17-29(5)41(35(11)54)51-40(55)27-52(15)45(58)38(26-36-21-23-37(49)24-22-36)53(16)44(57)34(10)50-43(56)39(25-28(3)4)61-46(59)32(8)20-19-31(7)33(9)42(30(6)18-2)62-47(60)48(12,13)14/h18,20-24,28-29,31,33-34,38-39,41-42H,17,19,25-27H2,1-16H3,(H,50,56)(H,51,55)/b30-18+,32-20+/t29?,31-,33-,34-,38+,39+,41-,42+/m0/s1. The fourth-order valence-corrected chi connectivity index (χ4v) is 6.72. The van der Waals surface area contributed by atoms with Crippen molar-refractivity contribution in [1.82, 2.24) is 20.4 Å². The molecule has 1 aromatic carbocycles. The molecule has 1 aromatic rings. The molecule has 62 heavy (non-hydrogen) atoms. The van der Waals surface area contributed by atoms with Crippen molar-refractivity contribution in [2.45, 2.75) is 153 Å². The van der Waals surface area contributed by atoms with Gasteiger partial charge in [0.2, 0.25) is 17.7 Å². The molecular formula is C48H75ClN4O9. The van der Waals surface area contributed by atoms with Crippen LogP contribution >= 0.6 is 11.6 Å². The van der Waals surface area contributed by atoms with Crippen LogP contribution in [0.2, 0.25) is 5.02 Å². The van der Waals surface area contributed by atoms with Gasteiger partial charge in [-0.3, -0.25) is 28.8 Å². The van der Waals surface area contributed by atoms with Crippen LogP contribution in [0, 0.1) is 29.1 Å². The highest BCUT2D eigenvalue weighted by atomic mass is 35.5. The zero-order valence-corrected chi connectivity index (χ0v) is 40.9. The molecule has 14 heteroatoms. The van der Waals surface area contributed by atoms with Gasteiger partial charge in [-0.05, 0) is 115 Å². The molecule has 8 atom stereocenters. The molecule has 0 spiro atoms. The molecule has 0 radical (unpaired) electrons. The summed E-state index contributed by atoms with van der Waals surface area (Å²) < 4.78 is 11.7. The molecule has 0 aliphatic heterocycles. The number of ketones is 1. The van der Waals surface area contributed by atoms with E-state index in [1.807, 2.05) is 82.2 Å². The average Bonchev–Trinajstić information content (AvgIpc) is 3.20. The van der Waals surface area contributed by atoms with E-state index in [0.29, 0.717) is 29.0 Å². The quantitative estimate of drug-likeness (QED) is 0.0652. The van der Waals surface area contributed by atoms with E-state index in [4.69, 9.17) is 21.1 Å². The van der Waals surface area contributed by atoms with Crippen molar-refractivity contribution in [3.8, 4) is 0 Å². The van der Waals surface area contributed by atoms with Gasteiger partial charge in [0, 0.05) is 31.1 Å². The Labute approximate surface area is 376 Å². The Morgan fingerprint density at radius 3 is 1.92 bits per heavy atom. The van der Waals surface area contributed by atoms with Gasteiger partial charge in [0.15, 0.2) is 11.9 Å². The fourth-order valence-electron chi connectivity index (χ4n) is 6.60. The third kappa shape index (κ3) is 17.7. The average molecular weight is 888 g/mol. The van der Waals surface area contributed by atoms with Crippen molar-refractivity contribution in [1.29, 1.82) is 0 Å². The first-order chi connectivity index (χ1) is 28.7. The highest BCUT2D eigenvalue weighted by molar-refractivity contribution is 6.30. The Balaban J connectivity index is 3.23. The Hall–Kier alpha value is -4.52. The number of likely N-dealkylation sites (N-methyl/N-ethyl adjacent to an activating group) is 2. The second-order valence-corrected chi connectivity index (χ2v) is 18.8. The summed E-state index contributed by atoms with van der Waals surface area (Å²) in [4.78, 5) is 95.7. The lowest BCUT2D eigenvalue weighted by atomic mass is 9.84. The summed E-state index contributed by atoms with van der Waals surface area (Å²) in [6, 6.07) is 3.86. The SMILES string of the molecule is C/C=C(\C)[C@@H](OC(=O)C(C)(C)C)[C@@H](C)[C@@H](C)C/C=C(\C)C(=O)O[C@H](CC(C)C)C(=O)N[C@@H](C)C(=O)N(C)[C@H](Cc1ccc(Cl)cc1)C(=O)N(C)CC(=O)N[C@H](C(C)=O)C(C)CC. The van der Waals surface area contributed by atoms with E-state index in [1.165, 1.54) is 37.7 Å². The monoisotopic (exact) mass is 887 g/mol. The molecule has 0 saturated heterocycles. The molecule has 4 amide bonds. The Kier molecular flexibility index (Phi) is 22.9. The minimum atomic E-state index is -1.22. The third-order valence-electron chi connectivity index (χ3n) is 11.4. The number of hydrogen-bond acceptors (Lipinski definition) is 9. The molecule has 0 bridgehead atoms. The van der Waals surface area contributed by atoms with Crippen molar-refractivity contribution < 1.29 is 43.0 Å². The second kappa shape index (κ2) is 25.6. The number of carbonyl (C=O) groups is 7. The first-order valence-corrected chi connectivity index (χ1v) is 22.1. The second-order valence-electron chi connectivity index (χ2n) is 18.4. The molecule has 0 aliphatic rings. The maximum atomic E-state index is 14.0. The number of halogens is 1. The van der Waals surface area contributed by atoms with E-state index in [0.717, 1.165) is 5.57 Å². The minimum absolute atomic E-state index is 0.00470. The van der Waals surface area contributed by atoms with Crippen LogP contribution in [0.15, 0.2) is 47.6 Å². The van der Waals surface area contributed by atoms with Crippen LogP contribution in [0.4, 0.5) is 0 Å². The number of nitrogens with one attached hydrogen (secondary N) is 2. The van der Waals surface area contributed by atoms with Crippen molar-refractivity contribution in [2.75, 3.05) is 20.6 Å². The van der Waals surface area contributed by atoms with Crippen molar-refractivity contribution in [3.05, 3.63) is 58.1 Å². The lowest BCUT2D eigenvalue weighted by Crippen LogP contribution is -2.56. The number of ether oxygens (including phenoxy) is 2. The van der Waals surface area contributed by atoms with E-state index >= 15 is 0 Å². The van der Waals surface area contributed by atoms with Gasteiger partial charge in [0.25, 0.3) is 5.91 Å². The lowest BCUT2D eigenvalue weighted by molar-refractivity contribution is -0.159. The predicted molar refractivity (Wildman–Crippen MR) is 244 cm³/mol. The Bertz CT molecular complexity index is 1770. The number of benzene rings is 1. The first kappa shape index (κ1) is 55.5. The molecule has 2 N–H and O–H groups in total. The number of rotatable bonds is 23. The number of nitrogens with zero attached hydrogens (tertiary/aromatic N) is 2. The van der Waals surface area contributed by atoms with Gasteiger partial charge in [-0.2, -0.15) is 0 Å². The summed E-state index contributed by atoms with van der Waals surface area (Å²) in [7, 11) is 2.89. The number of esters is 2. The van der Waals surface area contributed by atoms with Crippen LogP contribution in [-0.4, -0.2) is 102 Å². The molecule has 1 unspecified atom stereocenters. The summed E-state index contributed by atoms with van der Waals surface area (Å²) in [5.41, 5.74) is 1.27. The van der Waals surface area contributed by atoms with E-state index < -0.39 is 65.3 Å². The van der Waals surface area contributed by atoms with Crippen LogP contribution in [-0.2, 0) is 49.5 Å². The summed E-state index contributed by atoms with van der Waals surface area (Å²) in [6.45, 7) is 25.0. The fraction of sp³-hybridized carbons (Fsp3) is 0.646. The molecule has 0 fully saturated rings. The predicted octanol–water partition coefficient (Wildman–Crippen LogP) is 7.28. The Morgan fingerprint density at radius 2 is 1.42 bits per heavy atom. The number of carbonyl (C=O) groups excluding carboxylic acids is 7. The first-order valence-electron chi connectivity index (χ1n) is 21.7. The van der Waals surface area contributed by atoms with E-state index in [1.54, 1.807) is 37.3 Å². The minimum Gasteiger partial charge on any atom is -0.457 e. The summed E-state index contributed by atoms with van der Waals surface area (Å²) in [5.74, 6) is -3.72. The van der Waals surface area contributed by atoms with Crippen LogP contribution in [0.3, 0.4) is 0 Å². The maximum absolute atomic E-state index is 14.0. The van der Waals surface area contributed by atoms with Crippen LogP contribution in [0.5, 0.6) is 0 Å². The smallest absolute Gasteiger partial charge is 0.334 e. The van der Waals surface area contributed by atoms with E-state index in [2.05, 4.69) is 10.6 Å². The molecule has 0 aromatic heterocycles. The van der Waals surface area contributed by atoms with Crippen LogP contribution in [0.25, 0.3) is 0 Å². The highest BCUT2D eigenvalue weighted by Gasteiger charge is 2.36. The van der Waals surface area contributed by atoms with Gasteiger partial charge in [-0.15, -0.1) is 0 Å². The summed E-state index contributed by atoms with van der Waals surface area (Å²) in [6.07, 6.45) is 3.43. The summed E-state index contributed by atoms with van der Waals surface area (Å²) in [5, 5.41) is 5.92. The Morgan fingerprint density at radius 1 is 0.839 bits per heavy atom. The van der Waals surface area contributed by atoms with E-state index in [9.17, 15) is 33.6 Å². The molecule has 13 nitrogen and oxygen atoms in total. The van der Waals surface area contributed by atoms with Gasteiger partial charge in [-0.25, -0.2) is 4.79 Å². The van der Waals surface area contributed by atoms with Crippen molar-refractivity contribution in [2.24, 2.45) is 29.1 Å². The van der Waals surface area contributed by atoms with Gasteiger partial charge in [-0.1, -0.05) is 83.8 Å². The third-order valence-corrected chi connectivity index (χ3v) is 11.6. The number of amides is 4. The van der Waals surface area contributed by atoms with E-state index in [-0.39, 0.29) is 54.8 Å². The van der Waals surface area contributed by atoms with Crippen LogP contribution < -0.4 is 10.6 Å².